The van der Waals surface area contributed by atoms with Gasteiger partial charge in [0.2, 0.25) is 10.0 Å². The van der Waals surface area contributed by atoms with E-state index in [1.54, 1.807) is 7.11 Å². The molecule has 8 nitrogen and oxygen atoms in total. The lowest BCUT2D eigenvalue weighted by molar-refractivity contribution is 0.0696. The van der Waals surface area contributed by atoms with E-state index in [0.717, 1.165) is 6.07 Å². The van der Waals surface area contributed by atoms with Crippen molar-refractivity contribution >= 4 is 21.7 Å². The van der Waals surface area contributed by atoms with Crippen molar-refractivity contribution in [2.45, 2.75) is 31.2 Å². The zero-order chi connectivity index (χ0) is 18.9. The summed E-state index contributed by atoms with van der Waals surface area (Å²) in [4.78, 5) is 11.1. The van der Waals surface area contributed by atoms with Gasteiger partial charge in [0.15, 0.2) is 0 Å². The Hall–Kier alpha value is -1.68. The Morgan fingerprint density at radius 2 is 2.08 bits per heavy atom. The number of benzene rings is 1. The lowest BCUT2D eigenvalue weighted by Crippen LogP contribution is -2.28. The zero-order valence-corrected chi connectivity index (χ0v) is 15.6. The largest absolute Gasteiger partial charge is 0.478 e. The molecule has 0 aliphatic rings. The van der Waals surface area contributed by atoms with Gasteiger partial charge in [-0.15, -0.1) is 0 Å². The molecular weight excluding hydrogens is 348 g/mol. The van der Waals surface area contributed by atoms with Gasteiger partial charge in [0, 0.05) is 32.9 Å². The maximum absolute atomic E-state index is 12.6. The van der Waals surface area contributed by atoms with Crippen LogP contribution in [0.2, 0.25) is 0 Å². The van der Waals surface area contributed by atoms with Crippen LogP contribution in [0.4, 0.5) is 5.69 Å². The summed E-state index contributed by atoms with van der Waals surface area (Å²) in [6, 6.07) is 3.81. The van der Waals surface area contributed by atoms with Crippen LogP contribution in [-0.4, -0.2) is 59.0 Å². The summed E-state index contributed by atoms with van der Waals surface area (Å²) in [5.41, 5.74) is 0.228. The fourth-order valence-electron chi connectivity index (χ4n) is 2.16. The molecule has 0 heterocycles. The fourth-order valence-corrected chi connectivity index (χ4v) is 3.42. The molecule has 1 rings (SSSR count). The van der Waals surface area contributed by atoms with E-state index in [-0.39, 0.29) is 23.0 Å². The molecule has 0 aromatic heterocycles. The third-order valence-corrected chi connectivity index (χ3v) is 4.80. The zero-order valence-electron chi connectivity index (χ0n) is 14.7. The van der Waals surface area contributed by atoms with Crippen LogP contribution < -0.4 is 10.0 Å². The van der Waals surface area contributed by atoms with Gasteiger partial charge in [0.25, 0.3) is 0 Å². The van der Waals surface area contributed by atoms with Crippen molar-refractivity contribution in [1.29, 1.82) is 0 Å². The van der Waals surface area contributed by atoms with Gasteiger partial charge in [-0.2, -0.15) is 0 Å². The van der Waals surface area contributed by atoms with Crippen molar-refractivity contribution in [3.8, 4) is 0 Å². The quantitative estimate of drug-likeness (QED) is 0.475. The molecule has 0 saturated heterocycles. The Morgan fingerprint density at radius 3 is 2.68 bits per heavy atom. The van der Waals surface area contributed by atoms with Crippen LogP contribution >= 0.6 is 0 Å². The van der Waals surface area contributed by atoms with Crippen LogP contribution in [0.15, 0.2) is 23.1 Å². The third kappa shape index (κ3) is 6.99. The average molecular weight is 374 g/mol. The number of carboxylic acids is 1. The number of ether oxygens (including phenoxy) is 2. The highest BCUT2D eigenvalue weighted by Gasteiger charge is 2.21. The van der Waals surface area contributed by atoms with Crippen LogP contribution in [0.3, 0.4) is 0 Å². The molecule has 3 N–H and O–H groups in total. The lowest BCUT2D eigenvalue weighted by atomic mass is 10.2. The second-order valence-electron chi connectivity index (χ2n) is 5.47. The van der Waals surface area contributed by atoms with Crippen LogP contribution in [0.1, 0.15) is 30.6 Å². The van der Waals surface area contributed by atoms with Gasteiger partial charge in [-0.05, 0) is 38.5 Å². The van der Waals surface area contributed by atoms with E-state index < -0.39 is 16.0 Å². The monoisotopic (exact) mass is 374 g/mol. The second-order valence-corrected chi connectivity index (χ2v) is 7.20. The molecular formula is C16H26N2O6S. The van der Waals surface area contributed by atoms with Gasteiger partial charge >= 0.3 is 5.97 Å². The van der Waals surface area contributed by atoms with Crippen LogP contribution in [0.25, 0.3) is 0 Å². The number of anilines is 1. The second kappa shape index (κ2) is 10.3. The van der Waals surface area contributed by atoms with Gasteiger partial charge in [0.1, 0.15) is 4.90 Å². The molecule has 142 valence electrons. The molecule has 0 spiro atoms. The Labute approximate surface area is 148 Å². The summed E-state index contributed by atoms with van der Waals surface area (Å²) >= 11 is 0. The molecule has 1 atom stereocenters. The number of hydrogen-bond donors (Lipinski definition) is 3. The number of hydrogen-bond acceptors (Lipinski definition) is 6. The highest BCUT2D eigenvalue weighted by atomic mass is 32.2. The van der Waals surface area contributed by atoms with E-state index in [4.69, 9.17) is 14.6 Å². The summed E-state index contributed by atoms with van der Waals surface area (Å²) in [5.74, 6) is -1.19. The Balaban J connectivity index is 3.02. The molecule has 0 bridgehead atoms. The van der Waals surface area contributed by atoms with Gasteiger partial charge in [-0.25, -0.2) is 17.9 Å². The first-order chi connectivity index (χ1) is 11.8. The van der Waals surface area contributed by atoms with Crippen LogP contribution in [0.5, 0.6) is 0 Å². The number of sulfonamides is 1. The first-order valence-electron chi connectivity index (χ1n) is 8.02. The van der Waals surface area contributed by atoms with E-state index in [1.165, 1.54) is 12.1 Å². The smallest absolute Gasteiger partial charge is 0.335 e. The van der Waals surface area contributed by atoms with Crippen molar-refractivity contribution in [3.63, 3.8) is 0 Å². The predicted octanol–water partition coefficient (Wildman–Crippen LogP) is 1.54. The standard InChI is InChI=1S/C16H26N2O6S/c1-4-24-9-5-8-17-25(21,22)15-10-13(16(19)20)6-7-14(15)18-12(2)11-23-3/h6-7,10,12,17-18H,4-5,8-9,11H2,1-3H3,(H,19,20)/t12-/m1/s1. The normalized spacial score (nSPS) is 12.8. The molecule has 1 aromatic carbocycles. The van der Waals surface area contributed by atoms with Gasteiger partial charge < -0.3 is 19.9 Å². The maximum Gasteiger partial charge on any atom is 0.335 e. The number of rotatable bonds is 12. The number of carbonyl (C=O) groups is 1. The molecule has 0 saturated carbocycles. The van der Waals surface area contributed by atoms with Gasteiger partial charge in [0.05, 0.1) is 17.9 Å². The van der Waals surface area contributed by atoms with Gasteiger partial charge in [-0.1, -0.05) is 0 Å². The van der Waals surface area contributed by atoms with Crippen molar-refractivity contribution in [2.24, 2.45) is 0 Å². The van der Waals surface area contributed by atoms with Crippen LogP contribution in [0, 0.1) is 0 Å². The number of nitrogens with one attached hydrogen (secondary N) is 2. The summed E-state index contributed by atoms with van der Waals surface area (Å²) < 4.78 is 37.8. The molecule has 1 aromatic rings. The first-order valence-corrected chi connectivity index (χ1v) is 9.50. The summed E-state index contributed by atoms with van der Waals surface area (Å²) in [5, 5.41) is 12.2. The summed E-state index contributed by atoms with van der Waals surface area (Å²) in [6.07, 6.45) is 0.522. The van der Waals surface area contributed by atoms with E-state index in [2.05, 4.69) is 10.0 Å². The molecule has 25 heavy (non-hydrogen) atoms. The van der Waals surface area contributed by atoms with Crippen molar-refractivity contribution in [1.82, 2.24) is 4.72 Å². The molecule has 0 fully saturated rings. The van der Waals surface area contributed by atoms with Crippen molar-refractivity contribution in [2.75, 3.05) is 38.8 Å². The average Bonchev–Trinajstić information content (AvgIpc) is 2.54. The van der Waals surface area contributed by atoms with Crippen molar-refractivity contribution in [3.05, 3.63) is 23.8 Å². The van der Waals surface area contributed by atoms with E-state index in [0.29, 0.717) is 31.9 Å². The highest BCUT2D eigenvalue weighted by molar-refractivity contribution is 7.89. The Kier molecular flexibility index (Phi) is 8.84. The molecule has 9 heteroatoms. The summed E-state index contributed by atoms with van der Waals surface area (Å²) in [7, 11) is -2.32. The van der Waals surface area contributed by atoms with E-state index >= 15 is 0 Å². The molecule has 0 unspecified atom stereocenters. The minimum absolute atomic E-state index is 0.0976. The Bertz CT molecular complexity index is 663. The van der Waals surface area contributed by atoms with Crippen LogP contribution in [-0.2, 0) is 19.5 Å². The molecule has 0 amide bonds. The Morgan fingerprint density at radius 1 is 1.36 bits per heavy atom. The summed E-state index contributed by atoms with van der Waals surface area (Å²) in [6.45, 7) is 5.29. The fraction of sp³-hybridized carbons (Fsp3) is 0.562. The van der Waals surface area contributed by atoms with Crippen molar-refractivity contribution < 1.29 is 27.8 Å². The number of aromatic carboxylic acids is 1. The molecule has 0 aliphatic carbocycles. The number of carboxylic acid groups (broad SMARTS) is 1. The minimum atomic E-state index is -3.87. The molecule has 0 aliphatic heterocycles. The minimum Gasteiger partial charge on any atom is -0.478 e. The lowest BCUT2D eigenvalue weighted by Gasteiger charge is -2.18. The number of methoxy groups -OCH3 is 1. The third-order valence-electron chi connectivity index (χ3n) is 3.30. The van der Waals surface area contributed by atoms with E-state index in [1.807, 2.05) is 13.8 Å². The van der Waals surface area contributed by atoms with Gasteiger partial charge in [-0.3, -0.25) is 0 Å². The topological polar surface area (TPSA) is 114 Å². The maximum atomic E-state index is 12.6. The predicted molar refractivity (Wildman–Crippen MR) is 94.7 cm³/mol. The first kappa shape index (κ1) is 21.4. The van der Waals surface area contributed by atoms with E-state index in [9.17, 15) is 13.2 Å². The molecule has 0 radical (unpaired) electrons. The highest BCUT2D eigenvalue weighted by Crippen LogP contribution is 2.24. The SMILES string of the molecule is CCOCCCNS(=O)(=O)c1cc(C(=O)O)ccc1N[C@H](C)COC.